The Balaban J connectivity index is 2.18. The Hall–Kier alpha value is -3.73. The molecule has 3 rings (SSSR count). The van der Waals surface area contributed by atoms with Gasteiger partial charge in [-0.3, -0.25) is 19.7 Å². The van der Waals surface area contributed by atoms with Gasteiger partial charge in [-0.2, -0.15) is 4.99 Å². The first-order valence-electron chi connectivity index (χ1n) is 9.12. The number of benzene rings is 2. The van der Waals surface area contributed by atoms with Crippen LogP contribution < -0.4 is 14.3 Å². The summed E-state index contributed by atoms with van der Waals surface area (Å²) in [5.74, 6) is -0.412. The summed E-state index contributed by atoms with van der Waals surface area (Å²) < 4.78 is 17.5. The molecule has 1 amide bonds. The highest BCUT2D eigenvalue weighted by Crippen LogP contribution is 2.26. The third kappa shape index (κ3) is 4.72. The van der Waals surface area contributed by atoms with Crippen molar-refractivity contribution < 1.29 is 28.7 Å². The monoisotopic (exact) mass is 445 g/mol. The molecule has 0 fully saturated rings. The highest BCUT2D eigenvalue weighted by atomic mass is 32.1. The summed E-state index contributed by atoms with van der Waals surface area (Å²) in [6, 6.07) is 8.97. The van der Waals surface area contributed by atoms with Gasteiger partial charge in [-0.25, -0.2) is 0 Å². The quantitative estimate of drug-likeness (QED) is 0.311. The van der Waals surface area contributed by atoms with Crippen LogP contribution in [0.1, 0.15) is 17.3 Å². The summed E-state index contributed by atoms with van der Waals surface area (Å²) in [4.78, 5) is 40.1. The van der Waals surface area contributed by atoms with E-state index in [9.17, 15) is 19.7 Å². The van der Waals surface area contributed by atoms with Crippen molar-refractivity contribution in [3.05, 3.63) is 56.9 Å². The van der Waals surface area contributed by atoms with E-state index in [0.29, 0.717) is 21.7 Å². The van der Waals surface area contributed by atoms with Gasteiger partial charge in [0.05, 0.1) is 41.5 Å². The largest absolute Gasteiger partial charge is 0.497 e. The van der Waals surface area contributed by atoms with Crippen LogP contribution in [0, 0.1) is 10.1 Å². The third-order valence-electron chi connectivity index (χ3n) is 4.30. The first kappa shape index (κ1) is 22.0. The number of carbonyl (C=O) groups is 2. The number of carbonyl (C=O) groups excluding carboxylic acids is 2. The third-order valence-corrected chi connectivity index (χ3v) is 5.36. The second-order valence-electron chi connectivity index (χ2n) is 6.17. The molecule has 0 atom stereocenters. The Labute approximate surface area is 180 Å². The maximum absolute atomic E-state index is 12.9. The number of esters is 1. The van der Waals surface area contributed by atoms with Crippen LogP contribution >= 0.6 is 11.3 Å². The van der Waals surface area contributed by atoms with E-state index in [2.05, 4.69) is 4.99 Å². The standard InChI is InChI=1S/C20H19N3O7S/c1-4-30-18(24)11-22-15-9-12(23(26)27)5-8-17(15)31-20(22)21-19(25)14-10-13(28-2)6-7-16(14)29-3/h5-10H,4,11H2,1-3H3. The minimum atomic E-state index is -0.616. The topological polar surface area (TPSA) is 122 Å². The molecule has 0 aliphatic heterocycles. The first-order valence-corrected chi connectivity index (χ1v) is 9.94. The number of methoxy groups -OCH3 is 2. The van der Waals surface area contributed by atoms with Crippen LogP contribution in [0.2, 0.25) is 0 Å². The van der Waals surface area contributed by atoms with Crippen LogP contribution in [0.25, 0.3) is 10.2 Å². The van der Waals surface area contributed by atoms with E-state index >= 15 is 0 Å². The van der Waals surface area contributed by atoms with E-state index in [0.717, 1.165) is 11.3 Å². The molecule has 0 spiro atoms. The lowest BCUT2D eigenvalue weighted by molar-refractivity contribution is -0.384. The van der Waals surface area contributed by atoms with Gasteiger partial charge in [0.15, 0.2) is 4.80 Å². The van der Waals surface area contributed by atoms with E-state index in [4.69, 9.17) is 14.2 Å². The van der Waals surface area contributed by atoms with Crippen molar-refractivity contribution in [1.29, 1.82) is 0 Å². The Morgan fingerprint density at radius 2 is 1.94 bits per heavy atom. The van der Waals surface area contributed by atoms with E-state index < -0.39 is 16.8 Å². The van der Waals surface area contributed by atoms with Gasteiger partial charge in [-0.05, 0) is 31.2 Å². The molecule has 162 valence electrons. The lowest BCUT2D eigenvalue weighted by Crippen LogP contribution is -2.23. The van der Waals surface area contributed by atoms with Gasteiger partial charge in [-0.1, -0.05) is 11.3 Å². The lowest BCUT2D eigenvalue weighted by Gasteiger charge is -2.08. The molecule has 0 bridgehead atoms. The number of nitro benzene ring substituents is 1. The zero-order valence-electron chi connectivity index (χ0n) is 17.0. The molecule has 2 aromatic carbocycles. The fourth-order valence-corrected chi connectivity index (χ4v) is 3.88. The molecule has 0 aliphatic rings. The zero-order valence-corrected chi connectivity index (χ0v) is 17.8. The fourth-order valence-electron chi connectivity index (χ4n) is 2.87. The van der Waals surface area contributed by atoms with E-state index in [1.165, 1.54) is 37.0 Å². The lowest BCUT2D eigenvalue weighted by atomic mass is 10.2. The average molecular weight is 445 g/mol. The summed E-state index contributed by atoms with van der Waals surface area (Å²) >= 11 is 1.12. The molecular weight excluding hydrogens is 426 g/mol. The molecule has 1 heterocycles. The Kier molecular flexibility index (Phi) is 6.65. The van der Waals surface area contributed by atoms with Crippen molar-refractivity contribution in [3.63, 3.8) is 0 Å². The van der Waals surface area contributed by atoms with Crippen LogP contribution in [-0.2, 0) is 16.1 Å². The highest BCUT2D eigenvalue weighted by Gasteiger charge is 2.18. The molecule has 0 aliphatic carbocycles. The number of thiazole rings is 1. The van der Waals surface area contributed by atoms with Crippen LogP contribution in [0.5, 0.6) is 11.5 Å². The SMILES string of the molecule is CCOC(=O)Cn1c(=NC(=O)c2cc(OC)ccc2OC)sc2ccc([N+](=O)[O-])cc21. The number of ether oxygens (including phenoxy) is 3. The molecule has 0 radical (unpaired) electrons. The maximum Gasteiger partial charge on any atom is 0.326 e. The number of hydrogen-bond donors (Lipinski definition) is 0. The number of fused-ring (bicyclic) bond motifs is 1. The molecule has 0 saturated carbocycles. The minimum absolute atomic E-state index is 0.143. The number of nitrogens with zero attached hydrogens (tertiary/aromatic N) is 3. The summed E-state index contributed by atoms with van der Waals surface area (Å²) in [6.45, 7) is 1.59. The highest BCUT2D eigenvalue weighted by molar-refractivity contribution is 7.16. The predicted molar refractivity (Wildman–Crippen MR) is 113 cm³/mol. The Morgan fingerprint density at radius 1 is 1.16 bits per heavy atom. The van der Waals surface area contributed by atoms with Crippen molar-refractivity contribution in [1.82, 2.24) is 4.57 Å². The van der Waals surface area contributed by atoms with Gasteiger partial charge in [-0.15, -0.1) is 0 Å². The summed E-state index contributed by atoms with van der Waals surface area (Å²) in [7, 11) is 2.90. The molecule has 11 heteroatoms. The fraction of sp³-hybridized carbons (Fsp3) is 0.250. The number of nitro groups is 1. The molecule has 10 nitrogen and oxygen atoms in total. The van der Waals surface area contributed by atoms with E-state index in [1.807, 2.05) is 0 Å². The smallest absolute Gasteiger partial charge is 0.326 e. The maximum atomic E-state index is 12.9. The normalized spacial score (nSPS) is 11.4. The van der Waals surface area contributed by atoms with E-state index in [1.54, 1.807) is 25.1 Å². The molecule has 0 unspecified atom stereocenters. The van der Waals surface area contributed by atoms with Crippen molar-refractivity contribution in [2.45, 2.75) is 13.5 Å². The van der Waals surface area contributed by atoms with Gasteiger partial charge in [0.1, 0.15) is 18.0 Å². The summed E-state index contributed by atoms with van der Waals surface area (Å²) in [6.07, 6.45) is 0. The van der Waals surface area contributed by atoms with Crippen LogP contribution in [0.15, 0.2) is 41.4 Å². The van der Waals surface area contributed by atoms with Gasteiger partial charge >= 0.3 is 5.97 Å². The van der Waals surface area contributed by atoms with Gasteiger partial charge in [0, 0.05) is 12.1 Å². The zero-order chi connectivity index (χ0) is 22.5. The second kappa shape index (κ2) is 9.39. The molecule has 31 heavy (non-hydrogen) atoms. The Morgan fingerprint density at radius 3 is 2.58 bits per heavy atom. The molecule has 0 N–H and O–H groups in total. The van der Waals surface area contributed by atoms with E-state index in [-0.39, 0.29) is 29.2 Å². The first-order chi connectivity index (χ1) is 14.9. The number of amides is 1. The predicted octanol–water partition coefficient (Wildman–Crippen LogP) is 2.93. The molecule has 1 aromatic heterocycles. The van der Waals surface area contributed by atoms with Gasteiger partial charge < -0.3 is 18.8 Å². The molecule has 0 saturated heterocycles. The number of hydrogen-bond acceptors (Lipinski definition) is 8. The average Bonchev–Trinajstić information content (AvgIpc) is 3.09. The number of non-ortho nitro benzene ring substituents is 1. The number of aromatic nitrogens is 1. The summed E-state index contributed by atoms with van der Waals surface area (Å²) in [5, 5.41) is 11.2. The van der Waals surface area contributed by atoms with Crippen LogP contribution in [0.3, 0.4) is 0 Å². The summed E-state index contributed by atoms with van der Waals surface area (Å²) in [5.41, 5.74) is 0.430. The van der Waals surface area contributed by atoms with Gasteiger partial charge in [0.25, 0.3) is 11.6 Å². The minimum Gasteiger partial charge on any atom is -0.497 e. The Bertz CT molecular complexity index is 1230. The van der Waals surface area contributed by atoms with Crippen molar-refractivity contribution in [2.24, 2.45) is 4.99 Å². The van der Waals surface area contributed by atoms with Crippen molar-refractivity contribution >= 4 is 39.1 Å². The van der Waals surface area contributed by atoms with Crippen LogP contribution in [-0.4, -0.2) is 42.2 Å². The van der Waals surface area contributed by atoms with Crippen LogP contribution in [0.4, 0.5) is 5.69 Å². The van der Waals surface area contributed by atoms with Crippen molar-refractivity contribution in [3.8, 4) is 11.5 Å². The molecule has 3 aromatic rings. The number of rotatable bonds is 7. The van der Waals surface area contributed by atoms with Gasteiger partial charge in [0.2, 0.25) is 0 Å². The second-order valence-corrected chi connectivity index (χ2v) is 7.18. The van der Waals surface area contributed by atoms with Crippen molar-refractivity contribution in [2.75, 3.05) is 20.8 Å². The molecular formula is C20H19N3O7S.